The first-order valence-corrected chi connectivity index (χ1v) is 9.71. The Balaban J connectivity index is 1.38. The number of amides is 2. The maximum atomic E-state index is 14.0. The first kappa shape index (κ1) is 18.4. The summed E-state index contributed by atoms with van der Waals surface area (Å²) in [7, 11) is 0. The highest BCUT2D eigenvalue weighted by Crippen LogP contribution is 2.34. The largest absolute Gasteiger partial charge is 0.378 e. The SMILES string of the molecule is O=C(NC1CCCC2OCCC12)C(=O)N1CCOC(c2ccccc2F)C1. The standard InChI is InChI=1S/C20H25FN2O4/c21-15-5-2-1-4-13(15)18-12-23(9-11-27-18)20(25)19(24)22-16-6-3-7-17-14(16)8-10-26-17/h1-2,4-5,14,16-18H,3,6-12H2,(H,22,24). The molecule has 1 N–H and O–H groups in total. The van der Waals surface area contributed by atoms with Crippen LogP contribution in [0.25, 0.3) is 0 Å². The fourth-order valence-electron chi connectivity index (χ4n) is 4.49. The van der Waals surface area contributed by atoms with Gasteiger partial charge < -0.3 is 19.7 Å². The van der Waals surface area contributed by atoms with E-state index in [4.69, 9.17) is 9.47 Å². The normalized spacial score (nSPS) is 30.6. The van der Waals surface area contributed by atoms with Crippen LogP contribution in [0.5, 0.6) is 0 Å². The molecule has 27 heavy (non-hydrogen) atoms. The highest BCUT2D eigenvalue weighted by atomic mass is 19.1. The number of fused-ring (bicyclic) bond motifs is 1. The Morgan fingerprint density at radius 1 is 1.11 bits per heavy atom. The van der Waals surface area contributed by atoms with Gasteiger partial charge in [0.1, 0.15) is 11.9 Å². The van der Waals surface area contributed by atoms with Crippen molar-refractivity contribution in [3.8, 4) is 0 Å². The molecular weight excluding hydrogens is 351 g/mol. The molecule has 1 aromatic rings. The fraction of sp³-hybridized carbons (Fsp3) is 0.600. The molecule has 2 aliphatic heterocycles. The number of morpholine rings is 1. The number of ether oxygens (including phenoxy) is 2. The number of nitrogens with one attached hydrogen (secondary N) is 1. The minimum absolute atomic E-state index is 0.00824. The Morgan fingerprint density at radius 3 is 2.81 bits per heavy atom. The van der Waals surface area contributed by atoms with Crippen molar-refractivity contribution in [1.82, 2.24) is 10.2 Å². The van der Waals surface area contributed by atoms with Crippen LogP contribution < -0.4 is 5.32 Å². The van der Waals surface area contributed by atoms with Crippen LogP contribution in [0.4, 0.5) is 4.39 Å². The highest BCUT2D eigenvalue weighted by Gasteiger charge is 2.39. The third-order valence-corrected chi connectivity index (χ3v) is 5.90. The lowest BCUT2D eigenvalue weighted by molar-refractivity contribution is -0.151. The van der Waals surface area contributed by atoms with Gasteiger partial charge in [-0.2, -0.15) is 0 Å². The van der Waals surface area contributed by atoms with Gasteiger partial charge in [-0.25, -0.2) is 4.39 Å². The van der Waals surface area contributed by atoms with E-state index in [1.54, 1.807) is 18.2 Å². The van der Waals surface area contributed by atoms with Gasteiger partial charge in [-0.3, -0.25) is 9.59 Å². The summed E-state index contributed by atoms with van der Waals surface area (Å²) in [6.45, 7) is 1.51. The quantitative estimate of drug-likeness (QED) is 0.800. The molecule has 1 aliphatic carbocycles. The van der Waals surface area contributed by atoms with Crippen molar-refractivity contribution >= 4 is 11.8 Å². The van der Waals surface area contributed by atoms with E-state index in [1.807, 2.05) is 0 Å². The lowest BCUT2D eigenvalue weighted by atomic mass is 9.82. The number of carbonyl (C=O) groups is 2. The van der Waals surface area contributed by atoms with E-state index in [9.17, 15) is 14.0 Å². The monoisotopic (exact) mass is 376 g/mol. The Hall–Kier alpha value is -1.99. The molecule has 2 saturated heterocycles. The van der Waals surface area contributed by atoms with E-state index in [1.165, 1.54) is 11.0 Å². The molecule has 6 nitrogen and oxygen atoms in total. The summed E-state index contributed by atoms with van der Waals surface area (Å²) in [4.78, 5) is 26.7. The molecule has 0 bridgehead atoms. The molecule has 0 radical (unpaired) electrons. The lowest BCUT2D eigenvalue weighted by Crippen LogP contribution is -2.53. The molecule has 2 amide bonds. The molecule has 1 saturated carbocycles. The minimum Gasteiger partial charge on any atom is -0.378 e. The molecule has 146 valence electrons. The van der Waals surface area contributed by atoms with Crippen molar-refractivity contribution in [2.75, 3.05) is 26.3 Å². The zero-order valence-electron chi connectivity index (χ0n) is 15.2. The third-order valence-electron chi connectivity index (χ3n) is 5.90. The first-order valence-electron chi connectivity index (χ1n) is 9.71. The van der Waals surface area contributed by atoms with Gasteiger partial charge in [-0.15, -0.1) is 0 Å². The summed E-state index contributed by atoms with van der Waals surface area (Å²) in [6, 6.07) is 6.36. The number of hydrogen-bond acceptors (Lipinski definition) is 4. The van der Waals surface area contributed by atoms with Crippen molar-refractivity contribution in [3.63, 3.8) is 0 Å². The summed E-state index contributed by atoms with van der Waals surface area (Å²) in [5.41, 5.74) is 0.411. The molecule has 4 unspecified atom stereocenters. The van der Waals surface area contributed by atoms with Crippen LogP contribution in [-0.4, -0.2) is 55.2 Å². The highest BCUT2D eigenvalue weighted by molar-refractivity contribution is 6.35. The van der Waals surface area contributed by atoms with Gasteiger partial charge in [-0.1, -0.05) is 18.2 Å². The molecule has 1 aromatic carbocycles. The van der Waals surface area contributed by atoms with Crippen molar-refractivity contribution in [1.29, 1.82) is 0 Å². The molecule has 2 heterocycles. The number of hydrogen-bond donors (Lipinski definition) is 1. The molecule has 0 spiro atoms. The van der Waals surface area contributed by atoms with Gasteiger partial charge in [0.05, 0.1) is 19.3 Å². The molecule has 3 fully saturated rings. The average molecular weight is 376 g/mol. The maximum Gasteiger partial charge on any atom is 0.312 e. The summed E-state index contributed by atoms with van der Waals surface area (Å²) in [5.74, 6) is -1.22. The fourth-order valence-corrected chi connectivity index (χ4v) is 4.49. The number of benzene rings is 1. The second kappa shape index (κ2) is 7.94. The zero-order valence-corrected chi connectivity index (χ0v) is 15.2. The summed E-state index contributed by atoms with van der Waals surface area (Å²) in [5, 5.41) is 2.93. The van der Waals surface area contributed by atoms with Crippen LogP contribution in [-0.2, 0) is 19.1 Å². The van der Waals surface area contributed by atoms with E-state index in [2.05, 4.69) is 5.32 Å². The zero-order chi connectivity index (χ0) is 18.8. The van der Waals surface area contributed by atoms with Crippen LogP contribution in [0.3, 0.4) is 0 Å². The summed E-state index contributed by atoms with van der Waals surface area (Å²) >= 11 is 0. The van der Waals surface area contributed by atoms with Gasteiger partial charge in [0.15, 0.2) is 0 Å². The van der Waals surface area contributed by atoms with E-state index < -0.39 is 17.9 Å². The summed E-state index contributed by atoms with van der Waals surface area (Å²) in [6.07, 6.45) is 3.47. The molecule has 0 aromatic heterocycles. The molecular formula is C20H25FN2O4. The second-order valence-corrected chi connectivity index (χ2v) is 7.50. The van der Waals surface area contributed by atoms with E-state index >= 15 is 0 Å². The van der Waals surface area contributed by atoms with Crippen LogP contribution in [0, 0.1) is 11.7 Å². The number of carbonyl (C=O) groups excluding carboxylic acids is 2. The summed E-state index contributed by atoms with van der Waals surface area (Å²) < 4.78 is 25.4. The second-order valence-electron chi connectivity index (χ2n) is 7.50. The Labute approximate surface area is 158 Å². The topological polar surface area (TPSA) is 67.9 Å². The Kier molecular flexibility index (Phi) is 5.41. The Bertz CT molecular complexity index is 713. The van der Waals surface area contributed by atoms with E-state index in [-0.39, 0.29) is 31.1 Å². The number of halogens is 1. The first-order chi connectivity index (χ1) is 13.1. The van der Waals surface area contributed by atoms with Gasteiger partial charge in [-0.05, 0) is 31.7 Å². The van der Waals surface area contributed by atoms with Crippen LogP contribution >= 0.6 is 0 Å². The molecule has 3 aliphatic rings. The minimum atomic E-state index is -0.582. The van der Waals surface area contributed by atoms with Crippen molar-refractivity contribution in [2.45, 2.75) is 43.9 Å². The Morgan fingerprint density at radius 2 is 1.96 bits per heavy atom. The number of rotatable bonds is 2. The van der Waals surface area contributed by atoms with Crippen molar-refractivity contribution < 1.29 is 23.5 Å². The molecule has 4 rings (SSSR count). The maximum absolute atomic E-state index is 14.0. The lowest BCUT2D eigenvalue weighted by Gasteiger charge is -2.35. The van der Waals surface area contributed by atoms with Crippen molar-refractivity contribution in [2.24, 2.45) is 5.92 Å². The van der Waals surface area contributed by atoms with Gasteiger partial charge in [0, 0.05) is 30.7 Å². The number of nitrogens with zero attached hydrogens (tertiary/aromatic N) is 1. The van der Waals surface area contributed by atoms with Crippen LogP contribution in [0.15, 0.2) is 24.3 Å². The average Bonchev–Trinajstić information content (AvgIpc) is 3.18. The van der Waals surface area contributed by atoms with Gasteiger partial charge in [0.2, 0.25) is 0 Å². The van der Waals surface area contributed by atoms with Gasteiger partial charge >= 0.3 is 11.8 Å². The van der Waals surface area contributed by atoms with E-state index in [0.29, 0.717) is 18.0 Å². The van der Waals surface area contributed by atoms with Crippen LogP contribution in [0.1, 0.15) is 37.4 Å². The van der Waals surface area contributed by atoms with Gasteiger partial charge in [0.25, 0.3) is 0 Å². The van der Waals surface area contributed by atoms with Crippen molar-refractivity contribution in [3.05, 3.63) is 35.6 Å². The molecule has 4 atom stereocenters. The van der Waals surface area contributed by atoms with E-state index in [0.717, 1.165) is 32.3 Å². The third kappa shape index (κ3) is 3.84. The van der Waals surface area contributed by atoms with Crippen LogP contribution in [0.2, 0.25) is 0 Å². The smallest absolute Gasteiger partial charge is 0.312 e. The molecule has 7 heteroatoms. The predicted molar refractivity (Wildman–Crippen MR) is 95.3 cm³/mol. The predicted octanol–water partition coefficient (Wildman–Crippen LogP) is 1.80.